The van der Waals surface area contributed by atoms with Gasteiger partial charge >= 0.3 is 0 Å². The Morgan fingerprint density at radius 1 is 1.50 bits per heavy atom. The maximum Gasteiger partial charge on any atom is 0.170 e. The molecule has 0 radical (unpaired) electrons. The lowest BCUT2D eigenvalue weighted by Gasteiger charge is -2.30. The van der Waals surface area contributed by atoms with Crippen molar-refractivity contribution in [2.75, 3.05) is 32.0 Å². The van der Waals surface area contributed by atoms with E-state index in [0.29, 0.717) is 11.0 Å². The van der Waals surface area contributed by atoms with Crippen molar-refractivity contribution < 1.29 is 0 Å². The van der Waals surface area contributed by atoms with E-state index in [2.05, 4.69) is 22.6 Å². The molecule has 0 aromatic heterocycles. The molecule has 1 unspecified atom stereocenters. The summed E-state index contributed by atoms with van der Waals surface area (Å²) in [5.74, 6) is 0.668. The van der Waals surface area contributed by atoms with Crippen LogP contribution in [0.2, 0.25) is 5.02 Å². The molecule has 0 saturated carbocycles. The fraction of sp³-hybridized carbons (Fsp3) is 0.533. The summed E-state index contributed by atoms with van der Waals surface area (Å²) in [4.78, 5) is 2.38. The molecule has 1 aromatic carbocycles. The molecule has 1 aliphatic rings. The maximum absolute atomic E-state index is 6.25. The standard InChI is InChI=1S/C15H22ClN3S/c1-11-5-3-7-13(14(11)16)18-15(20)17-9-12-6-4-8-19(2)10-12/h3,5,7,12H,4,6,8-10H2,1-2H3,(H2,17,18,20). The number of aryl methyl sites for hydroxylation is 1. The van der Waals surface area contributed by atoms with Crippen molar-refractivity contribution in [1.82, 2.24) is 10.2 Å². The van der Waals surface area contributed by atoms with Crippen molar-refractivity contribution in [3.8, 4) is 0 Å². The highest BCUT2D eigenvalue weighted by molar-refractivity contribution is 7.80. The lowest BCUT2D eigenvalue weighted by atomic mass is 9.99. The summed E-state index contributed by atoms with van der Waals surface area (Å²) in [6, 6.07) is 5.90. The van der Waals surface area contributed by atoms with Gasteiger partial charge in [0, 0.05) is 13.1 Å². The second kappa shape index (κ2) is 7.25. The molecule has 1 aliphatic heterocycles. The molecule has 0 spiro atoms. The number of nitrogens with one attached hydrogen (secondary N) is 2. The number of anilines is 1. The van der Waals surface area contributed by atoms with Gasteiger partial charge in [-0.1, -0.05) is 23.7 Å². The molecule has 0 aliphatic carbocycles. The summed E-state index contributed by atoms with van der Waals surface area (Å²) in [6.45, 7) is 5.25. The van der Waals surface area contributed by atoms with E-state index < -0.39 is 0 Å². The van der Waals surface area contributed by atoms with Gasteiger partial charge in [-0.2, -0.15) is 0 Å². The van der Waals surface area contributed by atoms with Crippen LogP contribution in [-0.2, 0) is 0 Å². The SMILES string of the molecule is Cc1cccc(NC(=S)NCC2CCCN(C)C2)c1Cl. The van der Waals surface area contributed by atoms with Gasteiger partial charge in [-0.15, -0.1) is 0 Å². The molecule has 0 amide bonds. The van der Waals surface area contributed by atoms with Gasteiger partial charge in [-0.25, -0.2) is 0 Å². The van der Waals surface area contributed by atoms with E-state index in [4.69, 9.17) is 23.8 Å². The number of likely N-dealkylation sites (tertiary alicyclic amines) is 1. The second-order valence-electron chi connectivity index (χ2n) is 5.54. The Morgan fingerprint density at radius 2 is 2.30 bits per heavy atom. The Balaban J connectivity index is 1.82. The van der Waals surface area contributed by atoms with E-state index in [-0.39, 0.29) is 0 Å². The van der Waals surface area contributed by atoms with Crippen LogP contribution >= 0.6 is 23.8 Å². The van der Waals surface area contributed by atoms with Crippen molar-refractivity contribution in [3.63, 3.8) is 0 Å². The van der Waals surface area contributed by atoms with Crippen LogP contribution in [0.3, 0.4) is 0 Å². The lowest BCUT2D eigenvalue weighted by Crippen LogP contribution is -2.40. The van der Waals surface area contributed by atoms with E-state index in [1.54, 1.807) is 0 Å². The number of halogens is 1. The number of piperidine rings is 1. The van der Waals surface area contributed by atoms with E-state index >= 15 is 0 Å². The van der Waals surface area contributed by atoms with Gasteiger partial charge in [0.15, 0.2) is 5.11 Å². The number of thiocarbonyl (C=S) groups is 1. The van der Waals surface area contributed by atoms with Crippen LogP contribution in [0.4, 0.5) is 5.69 Å². The highest BCUT2D eigenvalue weighted by atomic mass is 35.5. The topological polar surface area (TPSA) is 27.3 Å². The minimum atomic E-state index is 0.644. The molecular weight excluding hydrogens is 290 g/mol. The molecule has 110 valence electrons. The lowest BCUT2D eigenvalue weighted by molar-refractivity contribution is 0.211. The molecule has 1 fully saturated rings. The van der Waals surface area contributed by atoms with E-state index in [0.717, 1.165) is 29.4 Å². The summed E-state index contributed by atoms with van der Waals surface area (Å²) in [5.41, 5.74) is 1.92. The molecule has 1 atom stereocenters. The fourth-order valence-corrected chi connectivity index (χ4v) is 2.95. The Bertz CT molecular complexity index is 478. The minimum absolute atomic E-state index is 0.644. The highest BCUT2D eigenvalue weighted by Gasteiger charge is 2.17. The Kier molecular flexibility index (Phi) is 5.64. The van der Waals surface area contributed by atoms with Crippen LogP contribution in [0.15, 0.2) is 18.2 Å². The van der Waals surface area contributed by atoms with Crippen LogP contribution in [0.5, 0.6) is 0 Å². The molecule has 20 heavy (non-hydrogen) atoms. The first kappa shape index (κ1) is 15.5. The Labute approximate surface area is 131 Å². The van der Waals surface area contributed by atoms with Crippen LogP contribution in [0, 0.1) is 12.8 Å². The van der Waals surface area contributed by atoms with Gasteiger partial charge in [-0.05, 0) is 63.1 Å². The van der Waals surface area contributed by atoms with Crippen LogP contribution < -0.4 is 10.6 Å². The molecule has 5 heteroatoms. The Hall–Kier alpha value is -0.840. The predicted octanol–water partition coefficient (Wildman–Crippen LogP) is 3.28. The molecule has 1 heterocycles. The van der Waals surface area contributed by atoms with Gasteiger partial charge in [0.1, 0.15) is 0 Å². The summed E-state index contributed by atoms with van der Waals surface area (Å²) in [7, 11) is 2.18. The summed E-state index contributed by atoms with van der Waals surface area (Å²) in [6.07, 6.45) is 2.54. The smallest absolute Gasteiger partial charge is 0.170 e. The van der Waals surface area contributed by atoms with Crippen LogP contribution in [0.1, 0.15) is 18.4 Å². The van der Waals surface area contributed by atoms with Crippen molar-refractivity contribution >= 4 is 34.6 Å². The molecule has 1 saturated heterocycles. The zero-order chi connectivity index (χ0) is 14.5. The van der Waals surface area contributed by atoms with E-state index in [1.165, 1.54) is 19.4 Å². The molecular formula is C15H22ClN3S. The summed E-state index contributed by atoms with van der Waals surface area (Å²) in [5, 5.41) is 7.85. The third kappa shape index (κ3) is 4.33. The number of hydrogen-bond donors (Lipinski definition) is 2. The van der Waals surface area contributed by atoms with Gasteiger partial charge in [-0.3, -0.25) is 0 Å². The highest BCUT2D eigenvalue weighted by Crippen LogP contribution is 2.24. The Morgan fingerprint density at radius 3 is 3.05 bits per heavy atom. The van der Waals surface area contributed by atoms with Crippen LogP contribution in [-0.4, -0.2) is 36.7 Å². The predicted molar refractivity (Wildman–Crippen MR) is 90.6 cm³/mol. The minimum Gasteiger partial charge on any atom is -0.362 e. The van der Waals surface area contributed by atoms with Crippen molar-refractivity contribution in [2.24, 2.45) is 5.92 Å². The average Bonchev–Trinajstić information content (AvgIpc) is 2.42. The molecule has 1 aromatic rings. The number of nitrogens with zero attached hydrogens (tertiary/aromatic N) is 1. The summed E-state index contributed by atoms with van der Waals surface area (Å²) >= 11 is 11.6. The van der Waals surface area contributed by atoms with Gasteiger partial charge in [0.25, 0.3) is 0 Å². The normalized spacial score (nSPS) is 19.6. The largest absolute Gasteiger partial charge is 0.362 e. The first-order valence-electron chi connectivity index (χ1n) is 7.05. The molecule has 2 rings (SSSR count). The zero-order valence-corrected chi connectivity index (χ0v) is 13.7. The number of hydrogen-bond acceptors (Lipinski definition) is 2. The first-order valence-corrected chi connectivity index (χ1v) is 7.83. The molecule has 2 N–H and O–H groups in total. The fourth-order valence-electron chi connectivity index (χ4n) is 2.59. The number of rotatable bonds is 3. The van der Waals surface area contributed by atoms with Crippen LogP contribution in [0.25, 0.3) is 0 Å². The van der Waals surface area contributed by atoms with Gasteiger partial charge < -0.3 is 15.5 Å². The number of benzene rings is 1. The van der Waals surface area contributed by atoms with E-state index in [9.17, 15) is 0 Å². The van der Waals surface area contributed by atoms with Gasteiger partial charge in [0.2, 0.25) is 0 Å². The quantitative estimate of drug-likeness (QED) is 0.838. The third-order valence-electron chi connectivity index (χ3n) is 3.71. The summed E-state index contributed by atoms with van der Waals surface area (Å²) < 4.78 is 0. The van der Waals surface area contributed by atoms with Crippen molar-refractivity contribution in [2.45, 2.75) is 19.8 Å². The average molecular weight is 312 g/mol. The first-order chi connectivity index (χ1) is 9.56. The third-order valence-corrected chi connectivity index (χ3v) is 4.46. The van der Waals surface area contributed by atoms with E-state index in [1.807, 2.05) is 25.1 Å². The molecule has 3 nitrogen and oxygen atoms in total. The molecule has 0 bridgehead atoms. The monoisotopic (exact) mass is 311 g/mol. The van der Waals surface area contributed by atoms with Crippen molar-refractivity contribution in [3.05, 3.63) is 28.8 Å². The van der Waals surface area contributed by atoms with Crippen molar-refractivity contribution in [1.29, 1.82) is 0 Å². The zero-order valence-electron chi connectivity index (χ0n) is 12.1. The van der Waals surface area contributed by atoms with Gasteiger partial charge in [0.05, 0.1) is 10.7 Å². The maximum atomic E-state index is 6.25. The second-order valence-corrected chi connectivity index (χ2v) is 6.33.